The fourth-order valence-electron chi connectivity index (χ4n) is 4.61. The number of anilines is 1. The molecule has 2 saturated heterocycles. The number of benzene rings is 1. The highest BCUT2D eigenvalue weighted by atomic mass is 16.5. The number of nitrogens with zero attached hydrogens (tertiary/aromatic N) is 4. The van der Waals surface area contributed by atoms with E-state index in [2.05, 4.69) is 9.97 Å². The number of ether oxygens (including phenoxy) is 2. The highest BCUT2D eigenvalue weighted by Crippen LogP contribution is 2.15. The van der Waals surface area contributed by atoms with E-state index < -0.39 is 0 Å². The minimum absolute atomic E-state index is 0.00334. The van der Waals surface area contributed by atoms with Gasteiger partial charge in [-0.3, -0.25) is 19.4 Å². The Kier molecular flexibility index (Phi) is 8.58. The zero-order chi connectivity index (χ0) is 25.5. The number of amides is 2. The van der Waals surface area contributed by atoms with E-state index in [9.17, 15) is 14.4 Å². The molecule has 194 valence electrons. The molecule has 0 atom stereocenters. The monoisotopic (exact) mass is 497 g/mol. The van der Waals surface area contributed by atoms with Crippen molar-refractivity contribution in [2.24, 2.45) is 0 Å². The largest absolute Gasteiger partial charge is 0.497 e. The molecule has 0 spiro atoms. The first-order valence-electron chi connectivity index (χ1n) is 12.6. The average Bonchev–Trinajstić information content (AvgIpc) is 2.92. The van der Waals surface area contributed by atoms with Crippen molar-refractivity contribution in [2.75, 3.05) is 64.5 Å². The van der Waals surface area contributed by atoms with Crippen LogP contribution in [0.3, 0.4) is 0 Å². The van der Waals surface area contributed by atoms with E-state index in [1.165, 1.54) is 0 Å². The summed E-state index contributed by atoms with van der Waals surface area (Å²) in [4.78, 5) is 51.2. The van der Waals surface area contributed by atoms with Gasteiger partial charge < -0.3 is 24.2 Å². The number of aromatic nitrogens is 2. The van der Waals surface area contributed by atoms with E-state index in [-0.39, 0.29) is 23.8 Å². The van der Waals surface area contributed by atoms with Crippen LogP contribution in [0, 0.1) is 6.92 Å². The van der Waals surface area contributed by atoms with Crippen molar-refractivity contribution in [1.82, 2.24) is 19.8 Å². The molecule has 0 saturated carbocycles. The van der Waals surface area contributed by atoms with Crippen LogP contribution < -0.4 is 15.2 Å². The smallest absolute Gasteiger partial charge is 0.255 e. The number of hydrogen-bond acceptors (Lipinski definition) is 7. The summed E-state index contributed by atoms with van der Waals surface area (Å²) < 4.78 is 10.5. The number of carbonyl (C=O) groups excluding carboxylic acids is 2. The second kappa shape index (κ2) is 12.0. The first-order valence-corrected chi connectivity index (χ1v) is 12.6. The summed E-state index contributed by atoms with van der Waals surface area (Å²) in [6.45, 7) is 6.50. The first-order chi connectivity index (χ1) is 17.4. The number of piperazine rings is 1. The van der Waals surface area contributed by atoms with Gasteiger partial charge in [-0.05, 0) is 37.5 Å². The highest BCUT2D eigenvalue weighted by Gasteiger charge is 2.24. The van der Waals surface area contributed by atoms with E-state index in [1.807, 2.05) is 41.0 Å². The predicted molar refractivity (Wildman–Crippen MR) is 135 cm³/mol. The lowest BCUT2D eigenvalue weighted by atomic mass is 10.1. The molecule has 0 aliphatic carbocycles. The molecular weight excluding hydrogens is 462 g/mol. The number of methoxy groups -OCH3 is 1. The Labute approximate surface area is 211 Å². The quantitative estimate of drug-likeness (QED) is 0.583. The van der Waals surface area contributed by atoms with Crippen molar-refractivity contribution in [3.63, 3.8) is 0 Å². The number of H-pyrrole nitrogens is 1. The van der Waals surface area contributed by atoms with Gasteiger partial charge in [0.15, 0.2) is 0 Å². The van der Waals surface area contributed by atoms with E-state index in [0.29, 0.717) is 89.0 Å². The van der Waals surface area contributed by atoms with E-state index in [4.69, 9.17) is 9.47 Å². The molecular formula is C26H35N5O5. The maximum atomic E-state index is 12.8. The molecule has 1 N–H and O–H groups in total. The molecule has 1 aromatic carbocycles. The molecule has 2 aliphatic heterocycles. The summed E-state index contributed by atoms with van der Waals surface area (Å²) in [5, 5.41) is 0. The number of morpholine rings is 1. The van der Waals surface area contributed by atoms with Gasteiger partial charge in [-0.15, -0.1) is 0 Å². The zero-order valence-electron chi connectivity index (χ0n) is 21.1. The van der Waals surface area contributed by atoms with Crippen molar-refractivity contribution in [1.29, 1.82) is 0 Å². The molecule has 10 nitrogen and oxygen atoms in total. The van der Waals surface area contributed by atoms with Crippen molar-refractivity contribution in [2.45, 2.75) is 32.6 Å². The molecule has 2 aliphatic rings. The lowest BCUT2D eigenvalue weighted by Gasteiger charge is -2.35. The Hall–Kier alpha value is -3.40. The van der Waals surface area contributed by atoms with E-state index in [0.717, 1.165) is 11.3 Å². The number of nitrogens with one attached hydrogen (secondary N) is 1. The Morgan fingerprint density at radius 2 is 1.53 bits per heavy atom. The summed E-state index contributed by atoms with van der Waals surface area (Å²) in [5.74, 6) is 1.46. The summed E-state index contributed by atoms with van der Waals surface area (Å²) >= 11 is 0. The fraction of sp³-hybridized carbons (Fsp3) is 0.538. The Bertz CT molecular complexity index is 1100. The average molecular weight is 498 g/mol. The normalized spacial score (nSPS) is 16.2. The van der Waals surface area contributed by atoms with Gasteiger partial charge in [0.05, 0.1) is 20.3 Å². The van der Waals surface area contributed by atoms with Gasteiger partial charge in [-0.25, -0.2) is 4.98 Å². The maximum absolute atomic E-state index is 12.8. The van der Waals surface area contributed by atoms with Gasteiger partial charge in [0.25, 0.3) is 5.56 Å². The van der Waals surface area contributed by atoms with Crippen molar-refractivity contribution in [3.05, 3.63) is 51.4 Å². The molecule has 1 aromatic heterocycles. The number of hydrogen-bond donors (Lipinski definition) is 1. The lowest BCUT2D eigenvalue weighted by Crippen LogP contribution is -2.50. The van der Waals surface area contributed by atoms with Crippen molar-refractivity contribution in [3.8, 4) is 5.75 Å². The number of aryl methyl sites for hydroxylation is 2. The number of carbonyl (C=O) groups is 2. The van der Waals surface area contributed by atoms with Crippen molar-refractivity contribution >= 4 is 17.8 Å². The topological polar surface area (TPSA) is 108 Å². The van der Waals surface area contributed by atoms with Gasteiger partial charge in [-0.2, -0.15) is 0 Å². The molecule has 2 fully saturated rings. The molecule has 4 rings (SSSR count). The Morgan fingerprint density at radius 1 is 0.944 bits per heavy atom. The second-order valence-electron chi connectivity index (χ2n) is 9.16. The van der Waals surface area contributed by atoms with Crippen LogP contribution >= 0.6 is 0 Å². The Balaban J connectivity index is 1.22. The van der Waals surface area contributed by atoms with Crippen LogP contribution in [-0.4, -0.2) is 91.2 Å². The fourth-order valence-corrected chi connectivity index (χ4v) is 4.61. The molecule has 0 unspecified atom stereocenters. The van der Waals surface area contributed by atoms with Crippen LogP contribution in [0.15, 0.2) is 29.1 Å². The number of rotatable bonds is 8. The second-order valence-corrected chi connectivity index (χ2v) is 9.16. The third kappa shape index (κ3) is 6.42. The molecule has 2 aromatic rings. The summed E-state index contributed by atoms with van der Waals surface area (Å²) in [6.07, 6.45) is 1.70. The Morgan fingerprint density at radius 3 is 2.08 bits per heavy atom. The predicted octanol–water partition coefficient (Wildman–Crippen LogP) is 1.16. The molecule has 0 radical (unpaired) electrons. The third-order valence-electron chi connectivity index (χ3n) is 6.88. The lowest BCUT2D eigenvalue weighted by molar-refractivity contribution is -0.139. The standard InChI is InChI=1S/C26H35N5O5/c1-19-22(25(34)28-26(27-19)31-15-17-36-18-16-31)8-10-24(33)30-13-11-29(12-14-30)23(32)9-5-20-3-6-21(35-2)7-4-20/h3-4,6-7H,5,8-18H2,1-2H3,(H,27,28,34). The van der Waals surface area contributed by atoms with Crippen molar-refractivity contribution < 1.29 is 19.1 Å². The van der Waals surface area contributed by atoms with Gasteiger partial charge in [-0.1, -0.05) is 12.1 Å². The van der Waals surface area contributed by atoms with E-state index in [1.54, 1.807) is 12.0 Å². The van der Waals surface area contributed by atoms with E-state index >= 15 is 0 Å². The third-order valence-corrected chi connectivity index (χ3v) is 6.88. The van der Waals surface area contributed by atoms with Gasteiger partial charge in [0.1, 0.15) is 5.75 Å². The maximum Gasteiger partial charge on any atom is 0.255 e. The summed E-state index contributed by atoms with van der Waals surface area (Å²) in [7, 11) is 1.63. The molecule has 3 heterocycles. The van der Waals surface area contributed by atoms with Gasteiger partial charge >= 0.3 is 0 Å². The van der Waals surface area contributed by atoms with Crippen LogP contribution in [0.2, 0.25) is 0 Å². The van der Waals surface area contributed by atoms with Gasteiger partial charge in [0, 0.05) is 63.4 Å². The minimum Gasteiger partial charge on any atom is -0.497 e. The first kappa shape index (κ1) is 25.7. The minimum atomic E-state index is -0.191. The summed E-state index contributed by atoms with van der Waals surface area (Å²) in [6, 6.07) is 7.74. The summed E-state index contributed by atoms with van der Waals surface area (Å²) in [5.41, 5.74) is 2.10. The molecule has 2 amide bonds. The molecule has 0 bridgehead atoms. The molecule has 36 heavy (non-hydrogen) atoms. The van der Waals surface area contributed by atoms with Crippen LogP contribution in [-0.2, 0) is 27.2 Å². The van der Waals surface area contributed by atoms with Crippen LogP contribution in [0.4, 0.5) is 5.95 Å². The molecule has 10 heteroatoms. The van der Waals surface area contributed by atoms with Crippen LogP contribution in [0.1, 0.15) is 29.7 Å². The van der Waals surface area contributed by atoms with Gasteiger partial charge in [0.2, 0.25) is 17.8 Å². The zero-order valence-corrected chi connectivity index (χ0v) is 21.1. The van der Waals surface area contributed by atoms with Crippen LogP contribution in [0.25, 0.3) is 0 Å². The van der Waals surface area contributed by atoms with Crippen LogP contribution in [0.5, 0.6) is 5.75 Å². The SMILES string of the molecule is COc1ccc(CCC(=O)N2CCN(C(=O)CCc3c(C)nc(N4CCOCC4)[nH]c3=O)CC2)cc1. The highest BCUT2D eigenvalue weighted by molar-refractivity contribution is 5.78. The number of aromatic amines is 1.